The van der Waals surface area contributed by atoms with Crippen LogP contribution in [0.15, 0.2) is 30.3 Å². The van der Waals surface area contributed by atoms with Crippen molar-refractivity contribution in [2.75, 3.05) is 0 Å². The largest absolute Gasteiger partial charge is 0.481 e. The van der Waals surface area contributed by atoms with Gasteiger partial charge in [0.2, 0.25) is 5.91 Å². The van der Waals surface area contributed by atoms with Crippen LogP contribution in [0.25, 0.3) is 0 Å². The summed E-state index contributed by atoms with van der Waals surface area (Å²) in [4.78, 5) is 23.2. The van der Waals surface area contributed by atoms with Gasteiger partial charge in [0, 0.05) is 6.42 Å². The van der Waals surface area contributed by atoms with Crippen LogP contribution >= 0.6 is 0 Å². The van der Waals surface area contributed by atoms with Crippen molar-refractivity contribution >= 4 is 11.9 Å². The number of carboxylic acids is 1. The number of carbonyl (C=O) groups is 2. The topological polar surface area (TPSA) is 92.4 Å². The van der Waals surface area contributed by atoms with Gasteiger partial charge >= 0.3 is 5.97 Å². The van der Waals surface area contributed by atoms with E-state index in [9.17, 15) is 9.59 Å². The van der Waals surface area contributed by atoms with Gasteiger partial charge in [0.05, 0.1) is 11.6 Å². The minimum atomic E-state index is -0.879. The van der Waals surface area contributed by atoms with E-state index in [1.807, 2.05) is 30.3 Å². The first-order chi connectivity index (χ1) is 9.91. The summed E-state index contributed by atoms with van der Waals surface area (Å²) < 4.78 is 0. The first kappa shape index (κ1) is 15.5. The molecule has 1 saturated carbocycles. The van der Waals surface area contributed by atoms with Crippen LogP contribution in [0.1, 0.15) is 44.2 Å². The number of nitrogens with one attached hydrogen (secondary N) is 1. The van der Waals surface area contributed by atoms with Crippen molar-refractivity contribution in [3.63, 3.8) is 0 Å². The fourth-order valence-electron chi connectivity index (χ4n) is 2.46. The Kier molecular flexibility index (Phi) is 4.63. The average Bonchev–Trinajstić information content (AvgIpc) is 3.28. The molecule has 2 atom stereocenters. The van der Waals surface area contributed by atoms with E-state index in [4.69, 9.17) is 10.8 Å². The second-order valence-electron chi connectivity index (χ2n) is 5.93. The number of hydrogen-bond donors (Lipinski definition) is 3. The lowest BCUT2D eigenvalue weighted by molar-refractivity contribution is -0.137. The van der Waals surface area contributed by atoms with Crippen LogP contribution < -0.4 is 11.1 Å². The van der Waals surface area contributed by atoms with E-state index < -0.39 is 11.5 Å². The maximum Gasteiger partial charge on any atom is 0.303 e. The van der Waals surface area contributed by atoms with E-state index in [2.05, 4.69) is 5.32 Å². The molecule has 0 heterocycles. The third-order valence-electron chi connectivity index (χ3n) is 4.07. The van der Waals surface area contributed by atoms with Gasteiger partial charge in [-0.25, -0.2) is 0 Å². The molecule has 5 nitrogen and oxygen atoms in total. The Morgan fingerprint density at radius 1 is 1.38 bits per heavy atom. The number of carboxylic acid groups (broad SMARTS) is 1. The van der Waals surface area contributed by atoms with Crippen molar-refractivity contribution in [2.24, 2.45) is 11.7 Å². The van der Waals surface area contributed by atoms with Crippen molar-refractivity contribution in [2.45, 2.75) is 44.2 Å². The minimum absolute atomic E-state index is 0.00452. The molecule has 0 spiro atoms. The molecule has 1 aliphatic rings. The highest BCUT2D eigenvalue weighted by Gasteiger charge is 2.44. The van der Waals surface area contributed by atoms with Crippen LogP contribution in [0, 0.1) is 5.92 Å². The Labute approximate surface area is 124 Å². The number of nitrogens with two attached hydrogens (primary N) is 1. The van der Waals surface area contributed by atoms with Crippen LogP contribution in [0.2, 0.25) is 0 Å². The van der Waals surface area contributed by atoms with Crippen molar-refractivity contribution in [3.8, 4) is 0 Å². The molecule has 1 amide bonds. The second-order valence-corrected chi connectivity index (χ2v) is 5.93. The standard InChI is InChI=1S/C16H22N2O3/c1-16(17,12-7-8-12)15(21)18-13(9-10-14(19)20)11-5-3-2-4-6-11/h2-6,12-13H,7-10,17H2,1H3,(H,18,21)(H,19,20). The third-order valence-corrected chi connectivity index (χ3v) is 4.07. The highest BCUT2D eigenvalue weighted by molar-refractivity contribution is 5.86. The third kappa shape index (κ3) is 4.04. The van der Waals surface area contributed by atoms with Crippen LogP contribution in [0.5, 0.6) is 0 Å². The van der Waals surface area contributed by atoms with Gasteiger partial charge < -0.3 is 16.2 Å². The molecule has 4 N–H and O–H groups in total. The number of carbonyl (C=O) groups excluding carboxylic acids is 1. The Hall–Kier alpha value is -1.88. The summed E-state index contributed by atoms with van der Waals surface area (Å²) in [5.74, 6) is -0.847. The van der Waals surface area contributed by atoms with Crippen LogP contribution in [0.3, 0.4) is 0 Å². The van der Waals surface area contributed by atoms with E-state index in [1.165, 1.54) is 0 Å². The Bertz CT molecular complexity index is 510. The average molecular weight is 290 g/mol. The Morgan fingerprint density at radius 2 is 2.00 bits per heavy atom. The molecule has 2 unspecified atom stereocenters. The van der Waals surface area contributed by atoms with Gasteiger partial charge in [-0.1, -0.05) is 30.3 Å². The molecule has 5 heteroatoms. The van der Waals surface area contributed by atoms with Gasteiger partial charge in [-0.05, 0) is 37.7 Å². The second kappa shape index (κ2) is 6.26. The van der Waals surface area contributed by atoms with E-state index >= 15 is 0 Å². The fourth-order valence-corrected chi connectivity index (χ4v) is 2.46. The van der Waals surface area contributed by atoms with Gasteiger partial charge in [-0.2, -0.15) is 0 Å². The van der Waals surface area contributed by atoms with E-state index in [-0.39, 0.29) is 24.3 Å². The van der Waals surface area contributed by atoms with Gasteiger partial charge in [0.25, 0.3) is 0 Å². The molecule has 0 aromatic heterocycles. The molecule has 1 aliphatic carbocycles. The lowest BCUT2D eigenvalue weighted by Gasteiger charge is -2.27. The van der Waals surface area contributed by atoms with Crippen LogP contribution in [-0.4, -0.2) is 22.5 Å². The molecule has 0 saturated heterocycles. The predicted molar refractivity (Wildman–Crippen MR) is 79.5 cm³/mol. The fraction of sp³-hybridized carbons (Fsp3) is 0.500. The normalized spacial score (nSPS) is 18.6. The highest BCUT2D eigenvalue weighted by atomic mass is 16.4. The molecule has 0 radical (unpaired) electrons. The molecular weight excluding hydrogens is 268 g/mol. The molecule has 2 rings (SSSR count). The summed E-state index contributed by atoms with van der Waals surface area (Å²) in [6, 6.07) is 9.08. The molecular formula is C16H22N2O3. The van der Waals surface area contributed by atoms with Crippen LogP contribution in [0.4, 0.5) is 0 Å². The van der Waals surface area contributed by atoms with Crippen LogP contribution in [-0.2, 0) is 9.59 Å². The highest BCUT2D eigenvalue weighted by Crippen LogP contribution is 2.38. The molecule has 21 heavy (non-hydrogen) atoms. The summed E-state index contributed by atoms with van der Waals surface area (Å²) in [5.41, 5.74) is 6.14. The molecule has 0 aliphatic heterocycles. The molecule has 1 aromatic rings. The molecule has 114 valence electrons. The zero-order valence-corrected chi connectivity index (χ0v) is 12.2. The zero-order chi connectivity index (χ0) is 15.5. The summed E-state index contributed by atoms with van der Waals surface area (Å²) in [6.45, 7) is 1.75. The molecule has 1 fully saturated rings. The predicted octanol–water partition coefficient (Wildman–Crippen LogP) is 1.84. The first-order valence-corrected chi connectivity index (χ1v) is 7.28. The number of rotatable bonds is 7. The number of amides is 1. The summed E-state index contributed by atoms with van der Waals surface area (Å²) in [5, 5.41) is 11.8. The number of aliphatic carboxylic acids is 1. The summed E-state index contributed by atoms with van der Waals surface area (Å²) in [7, 11) is 0. The first-order valence-electron chi connectivity index (χ1n) is 7.28. The quantitative estimate of drug-likeness (QED) is 0.714. The number of hydrogen-bond acceptors (Lipinski definition) is 3. The molecule has 0 bridgehead atoms. The molecule has 1 aromatic carbocycles. The lowest BCUT2D eigenvalue weighted by Crippen LogP contribution is -2.54. The maximum absolute atomic E-state index is 12.4. The van der Waals surface area contributed by atoms with Gasteiger partial charge in [0.15, 0.2) is 0 Å². The van der Waals surface area contributed by atoms with E-state index in [1.54, 1.807) is 6.92 Å². The Balaban J connectivity index is 2.08. The zero-order valence-electron chi connectivity index (χ0n) is 12.2. The Morgan fingerprint density at radius 3 is 2.52 bits per heavy atom. The van der Waals surface area contributed by atoms with Crippen molar-refractivity contribution in [1.29, 1.82) is 0 Å². The SMILES string of the molecule is CC(N)(C(=O)NC(CCC(=O)O)c1ccccc1)C1CC1. The van der Waals surface area contributed by atoms with Crippen molar-refractivity contribution in [3.05, 3.63) is 35.9 Å². The van der Waals surface area contributed by atoms with E-state index in [0.29, 0.717) is 6.42 Å². The smallest absolute Gasteiger partial charge is 0.303 e. The van der Waals surface area contributed by atoms with Gasteiger partial charge in [-0.15, -0.1) is 0 Å². The summed E-state index contributed by atoms with van der Waals surface area (Å²) in [6.07, 6.45) is 2.31. The number of benzene rings is 1. The maximum atomic E-state index is 12.4. The van der Waals surface area contributed by atoms with Crippen molar-refractivity contribution < 1.29 is 14.7 Å². The van der Waals surface area contributed by atoms with Crippen molar-refractivity contribution in [1.82, 2.24) is 5.32 Å². The minimum Gasteiger partial charge on any atom is -0.481 e. The van der Waals surface area contributed by atoms with E-state index in [0.717, 1.165) is 18.4 Å². The van der Waals surface area contributed by atoms with Gasteiger partial charge in [-0.3, -0.25) is 9.59 Å². The monoisotopic (exact) mass is 290 g/mol. The summed E-state index contributed by atoms with van der Waals surface area (Å²) >= 11 is 0. The lowest BCUT2D eigenvalue weighted by atomic mass is 9.94. The van der Waals surface area contributed by atoms with Gasteiger partial charge in [0.1, 0.15) is 0 Å².